The van der Waals surface area contributed by atoms with Gasteiger partial charge >= 0.3 is 6.09 Å². The fourth-order valence-corrected chi connectivity index (χ4v) is 3.63. The van der Waals surface area contributed by atoms with Gasteiger partial charge in [0.05, 0.1) is 24.8 Å². The lowest BCUT2D eigenvalue weighted by Gasteiger charge is -2.39. The topological polar surface area (TPSA) is 65.8 Å². The van der Waals surface area contributed by atoms with Gasteiger partial charge < -0.3 is 19.1 Å². The standard InChI is InChI=1S/C21H29N3O4/c1-14-9-15-11-22-24(19-7-5-6-8-26-19)17(15)10-18(14)27-16-12-23(13-16)20(25)28-21(2,3)4/h9-11,16,19H,5-8,12-13H2,1-4H3. The van der Waals surface area contributed by atoms with Gasteiger partial charge in [-0.25, -0.2) is 9.48 Å². The second-order valence-electron chi connectivity index (χ2n) is 8.71. The predicted octanol–water partition coefficient (Wildman–Crippen LogP) is 4.04. The molecule has 0 radical (unpaired) electrons. The number of carbonyl (C=O) groups is 1. The molecule has 1 atom stereocenters. The van der Waals surface area contributed by atoms with Crippen LogP contribution in [-0.4, -0.2) is 52.2 Å². The molecular formula is C21H29N3O4. The molecule has 3 heterocycles. The lowest BCUT2D eigenvalue weighted by molar-refractivity contribution is -0.0367. The number of nitrogens with zero attached hydrogens (tertiary/aromatic N) is 3. The first-order valence-electron chi connectivity index (χ1n) is 10.0. The first-order valence-corrected chi connectivity index (χ1v) is 10.0. The molecular weight excluding hydrogens is 358 g/mol. The van der Waals surface area contributed by atoms with Crippen LogP contribution in [0.5, 0.6) is 5.75 Å². The summed E-state index contributed by atoms with van der Waals surface area (Å²) in [6.45, 7) is 9.51. The zero-order valence-corrected chi connectivity index (χ0v) is 17.1. The maximum absolute atomic E-state index is 12.1. The summed E-state index contributed by atoms with van der Waals surface area (Å²) in [6, 6.07) is 4.15. The number of benzene rings is 1. The molecule has 2 saturated heterocycles. The Labute approximate surface area is 165 Å². The Bertz CT molecular complexity index is 858. The van der Waals surface area contributed by atoms with Crippen LogP contribution >= 0.6 is 0 Å². The number of fused-ring (bicyclic) bond motifs is 1. The molecule has 2 aliphatic rings. The van der Waals surface area contributed by atoms with Gasteiger partial charge in [0.25, 0.3) is 0 Å². The summed E-state index contributed by atoms with van der Waals surface area (Å²) in [7, 11) is 0. The van der Waals surface area contributed by atoms with E-state index in [-0.39, 0.29) is 18.4 Å². The summed E-state index contributed by atoms with van der Waals surface area (Å²) in [5, 5.41) is 5.64. The molecule has 0 N–H and O–H groups in total. The Hall–Kier alpha value is -2.28. The molecule has 1 amide bonds. The average molecular weight is 387 g/mol. The highest BCUT2D eigenvalue weighted by Gasteiger charge is 2.35. The SMILES string of the molecule is Cc1cc2cnn(C3CCCCO3)c2cc1OC1CN(C(=O)OC(C)(C)C)C1. The van der Waals surface area contributed by atoms with Gasteiger partial charge in [-0.1, -0.05) is 0 Å². The van der Waals surface area contributed by atoms with E-state index in [0.717, 1.165) is 48.1 Å². The molecule has 0 aliphatic carbocycles. The number of amides is 1. The van der Waals surface area contributed by atoms with Gasteiger partial charge in [0.1, 0.15) is 17.5 Å². The number of ether oxygens (including phenoxy) is 3. The van der Waals surface area contributed by atoms with Crippen LogP contribution in [0, 0.1) is 6.92 Å². The Kier molecular flexibility index (Phi) is 4.95. The van der Waals surface area contributed by atoms with Crippen molar-refractivity contribution in [2.24, 2.45) is 0 Å². The normalized spacial score (nSPS) is 20.9. The fraction of sp³-hybridized carbons (Fsp3) is 0.619. The van der Waals surface area contributed by atoms with Gasteiger partial charge in [0, 0.05) is 18.1 Å². The Morgan fingerprint density at radius 1 is 1.25 bits per heavy atom. The average Bonchev–Trinajstić information content (AvgIpc) is 2.99. The third-order valence-electron chi connectivity index (χ3n) is 5.11. The number of hydrogen-bond acceptors (Lipinski definition) is 5. The van der Waals surface area contributed by atoms with Gasteiger partial charge in [0.2, 0.25) is 0 Å². The number of hydrogen-bond donors (Lipinski definition) is 0. The number of likely N-dealkylation sites (tertiary alicyclic amines) is 1. The summed E-state index contributed by atoms with van der Waals surface area (Å²) >= 11 is 0. The highest BCUT2D eigenvalue weighted by Crippen LogP contribution is 2.31. The summed E-state index contributed by atoms with van der Waals surface area (Å²) in [4.78, 5) is 13.8. The Balaban J connectivity index is 1.44. The van der Waals surface area contributed by atoms with Gasteiger partial charge in [-0.05, 0) is 58.6 Å². The molecule has 2 fully saturated rings. The smallest absolute Gasteiger partial charge is 0.410 e. The first-order chi connectivity index (χ1) is 13.3. The van der Waals surface area contributed by atoms with Gasteiger partial charge in [-0.3, -0.25) is 0 Å². The van der Waals surface area contributed by atoms with E-state index in [1.54, 1.807) is 4.90 Å². The molecule has 4 rings (SSSR count). The van der Waals surface area contributed by atoms with Crippen LogP contribution in [0.4, 0.5) is 4.79 Å². The number of aryl methyl sites for hydroxylation is 1. The number of carbonyl (C=O) groups excluding carboxylic acids is 1. The highest BCUT2D eigenvalue weighted by atomic mass is 16.6. The molecule has 7 heteroatoms. The van der Waals surface area contributed by atoms with E-state index in [9.17, 15) is 4.79 Å². The summed E-state index contributed by atoms with van der Waals surface area (Å²) in [6.07, 6.45) is 4.82. The van der Waals surface area contributed by atoms with Crippen LogP contribution < -0.4 is 4.74 Å². The Morgan fingerprint density at radius 3 is 2.71 bits per heavy atom. The van der Waals surface area contributed by atoms with Crippen molar-refractivity contribution in [2.45, 2.75) is 64.9 Å². The molecule has 7 nitrogen and oxygen atoms in total. The molecule has 28 heavy (non-hydrogen) atoms. The van der Waals surface area contributed by atoms with Gasteiger partial charge in [-0.2, -0.15) is 5.10 Å². The van der Waals surface area contributed by atoms with E-state index in [2.05, 4.69) is 11.2 Å². The van der Waals surface area contributed by atoms with Crippen LogP contribution in [0.1, 0.15) is 51.8 Å². The van der Waals surface area contributed by atoms with Crippen molar-refractivity contribution in [1.29, 1.82) is 0 Å². The summed E-state index contributed by atoms with van der Waals surface area (Å²) < 4.78 is 19.4. The summed E-state index contributed by atoms with van der Waals surface area (Å²) in [5.74, 6) is 0.832. The molecule has 1 aromatic carbocycles. The molecule has 0 spiro atoms. The number of rotatable bonds is 3. The van der Waals surface area contributed by atoms with Crippen molar-refractivity contribution in [3.63, 3.8) is 0 Å². The minimum Gasteiger partial charge on any atom is -0.486 e. The van der Waals surface area contributed by atoms with E-state index in [1.807, 2.05) is 44.6 Å². The third-order valence-corrected chi connectivity index (χ3v) is 5.11. The van der Waals surface area contributed by atoms with Crippen LogP contribution in [0.25, 0.3) is 10.9 Å². The minimum absolute atomic E-state index is 0.00633. The monoisotopic (exact) mass is 387 g/mol. The lowest BCUT2D eigenvalue weighted by atomic mass is 10.1. The maximum atomic E-state index is 12.1. The molecule has 2 aliphatic heterocycles. The zero-order chi connectivity index (χ0) is 19.9. The lowest BCUT2D eigenvalue weighted by Crippen LogP contribution is -2.57. The molecule has 152 valence electrons. The fourth-order valence-electron chi connectivity index (χ4n) is 3.63. The second kappa shape index (κ2) is 7.28. The van der Waals surface area contributed by atoms with Crippen molar-refractivity contribution in [1.82, 2.24) is 14.7 Å². The van der Waals surface area contributed by atoms with Crippen molar-refractivity contribution in [3.05, 3.63) is 23.9 Å². The maximum Gasteiger partial charge on any atom is 0.410 e. The van der Waals surface area contributed by atoms with E-state index < -0.39 is 5.60 Å². The third kappa shape index (κ3) is 3.94. The van der Waals surface area contributed by atoms with Crippen molar-refractivity contribution >= 4 is 17.0 Å². The number of aromatic nitrogens is 2. The van der Waals surface area contributed by atoms with Crippen LogP contribution in [0.15, 0.2) is 18.3 Å². The van der Waals surface area contributed by atoms with Gasteiger partial charge in [-0.15, -0.1) is 0 Å². The highest BCUT2D eigenvalue weighted by molar-refractivity contribution is 5.81. The molecule has 0 saturated carbocycles. The predicted molar refractivity (Wildman–Crippen MR) is 106 cm³/mol. The molecule has 0 bridgehead atoms. The quantitative estimate of drug-likeness (QED) is 0.795. The molecule has 1 unspecified atom stereocenters. The second-order valence-corrected chi connectivity index (χ2v) is 8.71. The van der Waals surface area contributed by atoms with E-state index in [1.165, 1.54) is 0 Å². The molecule has 2 aromatic rings. The van der Waals surface area contributed by atoms with E-state index >= 15 is 0 Å². The van der Waals surface area contributed by atoms with Gasteiger partial charge in [0.15, 0.2) is 6.23 Å². The van der Waals surface area contributed by atoms with Crippen LogP contribution in [0.2, 0.25) is 0 Å². The minimum atomic E-state index is -0.482. The molecule has 1 aromatic heterocycles. The Morgan fingerprint density at radius 2 is 2.04 bits per heavy atom. The van der Waals surface area contributed by atoms with Crippen LogP contribution in [-0.2, 0) is 9.47 Å². The van der Waals surface area contributed by atoms with Crippen molar-refractivity contribution < 1.29 is 19.0 Å². The zero-order valence-electron chi connectivity index (χ0n) is 17.1. The first kappa shape index (κ1) is 19.1. The van der Waals surface area contributed by atoms with E-state index in [0.29, 0.717) is 13.1 Å². The largest absolute Gasteiger partial charge is 0.486 e. The van der Waals surface area contributed by atoms with E-state index in [4.69, 9.17) is 14.2 Å². The van der Waals surface area contributed by atoms with Crippen molar-refractivity contribution in [3.8, 4) is 5.75 Å². The van der Waals surface area contributed by atoms with Crippen molar-refractivity contribution in [2.75, 3.05) is 19.7 Å². The van der Waals surface area contributed by atoms with Crippen LogP contribution in [0.3, 0.4) is 0 Å². The summed E-state index contributed by atoms with van der Waals surface area (Å²) in [5.41, 5.74) is 1.60.